The summed E-state index contributed by atoms with van der Waals surface area (Å²) in [5.74, 6) is 0.265. The molecule has 20 heavy (non-hydrogen) atoms. The summed E-state index contributed by atoms with van der Waals surface area (Å²) in [6.07, 6.45) is 14.3. The van der Waals surface area contributed by atoms with Crippen LogP contribution in [0.25, 0.3) is 0 Å². The molecule has 2 rings (SSSR count). The Morgan fingerprint density at radius 1 is 1.15 bits per heavy atom. The van der Waals surface area contributed by atoms with Crippen LogP contribution >= 0.6 is 0 Å². The first kappa shape index (κ1) is 15.0. The molecule has 0 aromatic carbocycles. The molecule has 0 fully saturated rings. The van der Waals surface area contributed by atoms with Gasteiger partial charge in [0.05, 0.1) is 5.69 Å². The van der Waals surface area contributed by atoms with Crippen LogP contribution in [0.4, 0.5) is 0 Å². The number of pyridine rings is 1. The van der Waals surface area contributed by atoms with Crippen LogP contribution < -0.4 is 0 Å². The van der Waals surface area contributed by atoms with Crippen molar-refractivity contribution in [1.82, 2.24) is 4.98 Å². The number of carbonyl (C=O) groups is 1. The molecule has 0 radical (unpaired) electrons. The molecule has 1 aliphatic rings. The van der Waals surface area contributed by atoms with Crippen LogP contribution in [0.1, 0.15) is 73.6 Å². The van der Waals surface area contributed by atoms with Crippen LogP contribution in [0.3, 0.4) is 0 Å². The molecule has 2 heteroatoms. The number of carbonyl (C=O) groups excluding carboxylic acids is 1. The Balaban J connectivity index is 1.80. The second-order valence-electron chi connectivity index (χ2n) is 5.58. The van der Waals surface area contributed by atoms with Crippen LogP contribution in [0.2, 0.25) is 0 Å². The SMILES string of the molecule is CCCCC/C=C/CCc1ccc2c(n1)CCCC2=O. The fourth-order valence-corrected chi connectivity index (χ4v) is 2.66. The summed E-state index contributed by atoms with van der Waals surface area (Å²) in [6, 6.07) is 4.00. The number of hydrogen-bond donors (Lipinski definition) is 0. The molecule has 2 nitrogen and oxygen atoms in total. The maximum Gasteiger partial charge on any atom is 0.164 e. The van der Waals surface area contributed by atoms with Crippen molar-refractivity contribution in [2.75, 3.05) is 0 Å². The molecule has 0 unspecified atom stereocenters. The molecule has 1 aromatic rings. The summed E-state index contributed by atoms with van der Waals surface area (Å²) < 4.78 is 0. The van der Waals surface area contributed by atoms with Crippen molar-refractivity contribution in [1.29, 1.82) is 0 Å². The summed E-state index contributed by atoms with van der Waals surface area (Å²) in [7, 11) is 0. The third-order valence-electron chi connectivity index (χ3n) is 3.86. The van der Waals surface area contributed by atoms with Crippen molar-refractivity contribution >= 4 is 5.78 Å². The van der Waals surface area contributed by atoms with Crippen molar-refractivity contribution in [3.8, 4) is 0 Å². The zero-order valence-electron chi connectivity index (χ0n) is 12.5. The number of aromatic nitrogens is 1. The van der Waals surface area contributed by atoms with E-state index in [-0.39, 0.29) is 5.78 Å². The molecule has 1 aliphatic carbocycles. The van der Waals surface area contributed by atoms with E-state index in [1.807, 2.05) is 12.1 Å². The van der Waals surface area contributed by atoms with Crippen LogP contribution in [0, 0.1) is 0 Å². The van der Waals surface area contributed by atoms with Gasteiger partial charge in [0, 0.05) is 17.7 Å². The molecule has 108 valence electrons. The second-order valence-corrected chi connectivity index (χ2v) is 5.58. The smallest absolute Gasteiger partial charge is 0.164 e. The summed E-state index contributed by atoms with van der Waals surface area (Å²) >= 11 is 0. The van der Waals surface area contributed by atoms with Gasteiger partial charge in [-0.25, -0.2) is 0 Å². The first-order valence-corrected chi connectivity index (χ1v) is 7.98. The lowest BCUT2D eigenvalue weighted by molar-refractivity contribution is 0.0971. The van der Waals surface area contributed by atoms with Gasteiger partial charge in [0.25, 0.3) is 0 Å². The average Bonchev–Trinajstić information content (AvgIpc) is 2.46. The van der Waals surface area contributed by atoms with Gasteiger partial charge in [-0.2, -0.15) is 0 Å². The maximum atomic E-state index is 11.7. The van der Waals surface area contributed by atoms with Crippen molar-refractivity contribution in [2.45, 2.75) is 64.7 Å². The molecule has 0 saturated heterocycles. The Morgan fingerprint density at radius 3 is 2.85 bits per heavy atom. The van der Waals surface area contributed by atoms with E-state index in [0.29, 0.717) is 6.42 Å². The van der Waals surface area contributed by atoms with Gasteiger partial charge in [-0.3, -0.25) is 9.78 Å². The van der Waals surface area contributed by atoms with Gasteiger partial charge in [0.1, 0.15) is 0 Å². The Kier molecular flexibility index (Phi) is 5.97. The highest BCUT2D eigenvalue weighted by molar-refractivity contribution is 5.97. The van der Waals surface area contributed by atoms with Crippen LogP contribution in [0.5, 0.6) is 0 Å². The lowest BCUT2D eigenvalue weighted by Crippen LogP contribution is -2.13. The minimum Gasteiger partial charge on any atom is -0.294 e. The normalized spacial score (nSPS) is 14.8. The van der Waals surface area contributed by atoms with E-state index < -0.39 is 0 Å². The standard InChI is InChI=1S/C18H25NO/c1-2-3-4-5-6-7-8-10-15-13-14-16-17(19-15)11-9-12-18(16)20/h6-7,13-14H,2-5,8-12H2,1H3/b7-6+. The van der Waals surface area contributed by atoms with Crippen LogP contribution in [-0.4, -0.2) is 10.8 Å². The predicted octanol–water partition coefficient (Wildman–Crippen LogP) is 4.67. The fraction of sp³-hybridized carbons (Fsp3) is 0.556. The van der Waals surface area contributed by atoms with E-state index in [1.54, 1.807) is 0 Å². The summed E-state index contributed by atoms with van der Waals surface area (Å²) in [6.45, 7) is 2.23. The molecule has 0 aliphatic heterocycles. The monoisotopic (exact) mass is 271 g/mol. The third kappa shape index (κ3) is 4.29. The number of ketones is 1. The Hall–Kier alpha value is -1.44. The molecule has 0 N–H and O–H groups in total. The molecule has 1 aromatic heterocycles. The topological polar surface area (TPSA) is 30.0 Å². The van der Waals surface area contributed by atoms with Crippen molar-refractivity contribution in [3.05, 3.63) is 41.2 Å². The highest BCUT2D eigenvalue weighted by atomic mass is 16.1. The van der Waals surface area contributed by atoms with Gasteiger partial charge in [-0.15, -0.1) is 0 Å². The number of aryl methyl sites for hydroxylation is 2. The number of rotatable bonds is 7. The summed E-state index contributed by atoms with van der Waals surface area (Å²) in [5.41, 5.74) is 3.00. The van der Waals surface area contributed by atoms with E-state index in [9.17, 15) is 4.79 Å². The lowest BCUT2D eigenvalue weighted by Gasteiger charge is -2.14. The first-order chi connectivity index (χ1) is 9.81. The minimum absolute atomic E-state index is 0.265. The highest BCUT2D eigenvalue weighted by Gasteiger charge is 2.17. The minimum atomic E-state index is 0.265. The van der Waals surface area contributed by atoms with E-state index >= 15 is 0 Å². The second kappa shape index (κ2) is 7.98. The third-order valence-corrected chi connectivity index (χ3v) is 3.86. The number of hydrogen-bond acceptors (Lipinski definition) is 2. The Labute approximate surface area is 122 Å². The Bertz CT molecular complexity index is 476. The number of allylic oxidation sites excluding steroid dienone is 2. The van der Waals surface area contributed by atoms with Crippen molar-refractivity contribution < 1.29 is 4.79 Å². The van der Waals surface area contributed by atoms with E-state index in [4.69, 9.17) is 0 Å². The van der Waals surface area contributed by atoms with E-state index in [0.717, 1.165) is 42.6 Å². The quantitative estimate of drug-likeness (QED) is 0.533. The van der Waals surface area contributed by atoms with Gasteiger partial charge in [-0.05, 0) is 50.7 Å². The molecule has 0 amide bonds. The van der Waals surface area contributed by atoms with Gasteiger partial charge >= 0.3 is 0 Å². The first-order valence-electron chi connectivity index (χ1n) is 7.98. The van der Waals surface area contributed by atoms with Crippen molar-refractivity contribution in [3.63, 3.8) is 0 Å². The molecule has 0 spiro atoms. The van der Waals surface area contributed by atoms with E-state index in [2.05, 4.69) is 24.1 Å². The fourth-order valence-electron chi connectivity index (χ4n) is 2.66. The number of fused-ring (bicyclic) bond motifs is 1. The average molecular weight is 271 g/mol. The molecule has 1 heterocycles. The van der Waals surface area contributed by atoms with E-state index in [1.165, 1.54) is 25.7 Å². The number of unbranched alkanes of at least 4 members (excludes halogenated alkanes) is 3. The van der Waals surface area contributed by atoms with Gasteiger partial charge in [0.2, 0.25) is 0 Å². The maximum absolute atomic E-state index is 11.7. The molecule has 0 saturated carbocycles. The predicted molar refractivity (Wildman–Crippen MR) is 83.1 cm³/mol. The molecular formula is C18H25NO. The van der Waals surface area contributed by atoms with Gasteiger partial charge in [-0.1, -0.05) is 31.9 Å². The van der Waals surface area contributed by atoms with Crippen LogP contribution in [0.15, 0.2) is 24.3 Å². The number of nitrogens with zero attached hydrogens (tertiary/aromatic N) is 1. The highest BCUT2D eigenvalue weighted by Crippen LogP contribution is 2.20. The van der Waals surface area contributed by atoms with Gasteiger partial charge < -0.3 is 0 Å². The lowest BCUT2D eigenvalue weighted by atomic mass is 9.94. The zero-order chi connectivity index (χ0) is 14.2. The Morgan fingerprint density at radius 2 is 2.00 bits per heavy atom. The zero-order valence-corrected chi connectivity index (χ0v) is 12.5. The summed E-state index contributed by atoms with van der Waals surface area (Å²) in [4.78, 5) is 16.4. The van der Waals surface area contributed by atoms with Gasteiger partial charge in [0.15, 0.2) is 5.78 Å². The van der Waals surface area contributed by atoms with Crippen molar-refractivity contribution in [2.24, 2.45) is 0 Å². The molecule has 0 atom stereocenters. The van der Waals surface area contributed by atoms with Crippen LogP contribution in [-0.2, 0) is 12.8 Å². The number of Topliss-reactive ketones (excluding diaryl/α,β-unsaturated/α-hetero) is 1. The molecular weight excluding hydrogens is 246 g/mol. The molecule has 0 bridgehead atoms. The largest absolute Gasteiger partial charge is 0.294 e. The summed E-state index contributed by atoms with van der Waals surface area (Å²) in [5, 5.41) is 0.